The summed E-state index contributed by atoms with van der Waals surface area (Å²) in [5.74, 6) is -1.60. The van der Waals surface area contributed by atoms with Gasteiger partial charge in [0, 0.05) is 11.3 Å². The summed E-state index contributed by atoms with van der Waals surface area (Å²) < 4.78 is 5.20. The van der Waals surface area contributed by atoms with Crippen molar-refractivity contribution >= 4 is 34.1 Å². The monoisotopic (exact) mass is 377 g/mol. The van der Waals surface area contributed by atoms with Crippen molar-refractivity contribution in [1.29, 1.82) is 0 Å². The molecule has 1 atom stereocenters. The molecular weight excluding hydrogens is 358 g/mol. The number of ketones is 1. The second-order valence-electron chi connectivity index (χ2n) is 6.39. The summed E-state index contributed by atoms with van der Waals surface area (Å²) in [4.78, 5) is 36.0. The number of hydrogen-bond donors (Lipinski definition) is 2. The second kappa shape index (κ2) is 7.92. The third-order valence-corrected chi connectivity index (χ3v) is 4.30. The number of Topliss-reactive ketones (excluding diaryl/α,β-unsaturated/α-hetero) is 1. The highest BCUT2D eigenvalue weighted by Gasteiger charge is 2.21. The Balaban J connectivity index is 1.68. The minimum Gasteiger partial charge on any atom is -0.507 e. The first-order valence-corrected chi connectivity index (χ1v) is 8.70. The molecule has 3 rings (SSSR count). The zero-order chi connectivity index (χ0) is 20.3. The van der Waals surface area contributed by atoms with Crippen LogP contribution in [0.25, 0.3) is 10.8 Å². The van der Waals surface area contributed by atoms with Gasteiger partial charge >= 0.3 is 5.97 Å². The van der Waals surface area contributed by atoms with Crippen LogP contribution in [-0.2, 0) is 9.53 Å². The van der Waals surface area contributed by atoms with Gasteiger partial charge in [0.05, 0.1) is 0 Å². The zero-order valence-corrected chi connectivity index (χ0v) is 15.4. The number of phenolic OH excluding ortho intramolecular Hbond substituents is 1. The van der Waals surface area contributed by atoms with Gasteiger partial charge < -0.3 is 15.2 Å². The predicted molar refractivity (Wildman–Crippen MR) is 106 cm³/mol. The first-order valence-electron chi connectivity index (χ1n) is 8.70. The predicted octanol–water partition coefficient (Wildman–Crippen LogP) is 3.93. The first-order chi connectivity index (χ1) is 13.3. The lowest BCUT2D eigenvalue weighted by atomic mass is 10.1. The van der Waals surface area contributed by atoms with Crippen LogP contribution in [0.5, 0.6) is 5.75 Å². The van der Waals surface area contributed by atoms with Gasteiger partial charge in [0.15, 0.2) is 11.9 Å². The van der Waals surface area contributed by atoms with E-state index in [9.17, 15) is 19.5 Å². The minimum absolute atomic E-state index is 0.0100. The topological polar surface area (TPSA) is 92.7 Å². The van der Waals surface area contributed by atoms with E-state index in [1.54, 1.807) is 24.3 Å². The number of carbonyl (C=O) groups is 3. The molecule has 0 spiro atoms. The van der Waals surface area contributed by atoms with Crippen LogP contribution in [-0.4, -0.2) is 28.9 Å². The Labute approximate surface area is 161 Å². The van der Waals surface area contributed by atoms with Gasteiger partial charge in [0.1, 0.15) is 11.3 Å². The summed E-state index contributed by atoms with van der Waals surface area (Å²) in [6.45, 7) is 2.90. The van der Waals surface area contributed by atoms with Crippen LogP contribution in [0.15, 0.2) is 60.7 Å². The quantitative estimate of drug-likeness (QED) is 0.519. The largest absolute Gasteiger partial charge is 0.507 e. The average Bonchev–Trinajstić information content (AvgIpc) is 2.67. The molecule has 0 aliphatic rings. The third kappa shape index (κ3) is 4.17. The molecule has 0 aliphatic carbocycles. The van der Waals surface area contributed by atoms with E-state index < -0.39 is 18.0 Å². The van der Waals surface area contributed by atoms with E-state index >= 15 is 0 Å². The number of amides is 1. The van der Waals surface area contributed by atoms with E-state index in [-0.39, 0.29) is 17.1 Å². The van der Waals surface area contributed by atoms with Crippen molar-refractivity contribution in [2.45, 2.75) is 20.0 Å². The normalized spacial score (nSPS) is 11.6. The molecule has 6 nitrogen and oxygen atoms in total. The van der Waals surface area contributed by atoms with Crippen LogP contribution in [0, 0.1) is 0 Å². The Morgan fingerprint density at radius 3 is 2.18 bits per heavy atom. The van der Waals surface area contributed by atoms with Crippen LogP contribution >= 0.6 is 0 Å². The number of esters is 1. The van der Waals surface area contributed by atoms with Crippen LogP contribution in [0.3, 0.4) is 0 Å². The highest BCUT2D eigenvalue weighted by Crippen LogP contribution is 2.26. The number of rotatable bonds is 5. The Morgan fingerprint density at radius 2 is 1.57 bits per heavy atom. The van der Waals surface area contributed by atoms with Crippen molar-refractivity contribution < 1.29 is 24.2 Å². The Morgan fingerprint density at radius 1 is 0.964 bits per heavy atom. The van der Waals surface area contributed by atoms with Gasteiger partial charge in [-0.05, 0) is 61.0 Å². The molecule has 0 unspecified atom stereocenters. The molecule has 0 fully saturated rings. The SMILES string of the molecule is CC(=O)c1ccc(NC(=O)[C@H](C)OC(=O)c2cc3ccccc3cc2O)cc1. The highest BCUT2D eigenvalue weighted by molar-refractivity contribution is 6.01. The summed E-state index contributed by atoms with van der Waals surface area (Å²) in [6, 6.07) is 16.7. The first kappa shape index (κ1) is 19.1. The molecule has 142 valence electrons. The number of benzene rings is 3. The summed E-state index contributed by atoms with van der Waals surface area (Å²) in [5, 5.41) is 14.3. The number of fused-ring (bicyclic) bond motifs is 1. The van der Waals surface area contributed by atoms with Gasteiger partial charge in [0.2, 0.25) is 0 Å². The van der Waals surface area contributed by atoms with Crippen LogP contribution in [0.1, 0.15) is 34.6 Å². The van der Waals surface area contributed by atoms with E-state index in [2.05, 4.69) is 5.32 Å². The lowest BCUT2D eigenvalue weighted by Crippen LogP contribution is -2.30. The smallest absolute Gasteiger partial charge is 0.342 e. The van der Waals surface area contributed by atoms with Crippen molar-refractivity contribution in [3.05, 3.63) is 71.8 Å². The van der Waals surface area contributed by atoms with Gasteiger partial charge in [-0.3, -0.25) is 9.59 Å². The zero-order valence-electron chi connectivity index (χ0n) is 15.4. The van der Waals surface area contributed by atoms with E-state index in [1.807, 2.05) is 24.3 Å². The molecular formula is C22H19NO5. The lowest BCUT2D eigenvalue weighted by Gasteiger charge is -2.14. The van der Waals surface area contributed by atoms with Gasteiger partial charge in [-0.15, -0.1) is 0 Å². The van der Waals surface area contributed by atoms with Crippen molar-refractivity contribution in [3.8, 4) is 5.75 Å². The summed E-state index contributed by atoms with van der Waals surface area (Å²) in [7, 11) is 0. The van der Waals surface area contributed by atoms with Crippen molar-refractivity contribution in [1.82, 2.24) is 0 Å². The van der Waals surface area contributed by atoms with E-state index in [1.165, 1.54) is 26.0 Å². The number of hydrogen-bond acceptors (Lipinski definition) is 5. The molecule has 0 bridgehead atoms. The van der Waals surface area contributed by atoms with Gasteiger partial charge in [-0.1, -0.05) is 24.3 Å². The van der Waals surface area contributed by atoms with Gasteiger partial charge in [-0.2, -0.15) is 0 Å². The number of carbonyl (C=O) groups excluding carboxylic acids is 3. The molecule has 0 radical (unpaired) electrons. The number of aromatic hydroxyl groups is 1. The molecule has 0 heterocycles. The Bertz CT molecular complexity index is 1060. The molecule has 28 heavy (non-hydrogen) atoms. The molecule has 1 amide bonds. The van der Waals surface area contributed by atoms with E-state index in [0.29, 0.717) is 11.3 Å². The standard InChI is InChI=1S/C22H19NO5/c1-13(24)15-7-9-18(10-8-15)23-21(26)14(2)28-22(27)19-11-16-5-3-4-6-17(16)12-20(19)25/h3-12,14,25H,1-2H3,(H,23,26)/t14-/m0/s1. The van der Waals surface area contributed by atoms with Gasteiger partial charge in [-0.25, -0.2) is 4.79 Å². The van der Waals surface area contributed by atoms with Crippen LogP contribution < -0.4 is 5.32 Å². The lowest BCUT2D eigenvalue weighted by molar-refractivity contribution is -0.123. The maximum absolute atomic E-state index is 12.4. The van der Waals surface area contributed by atoms with E-state index in [4.69, 9.17) is 4.74 Å². The molecule has 0 aromatic heterocycles. The maximum atomic E-state index is 12.4. The van der Waals surface area contributed by atoms with Crippen LogP contribution in [0.4, 0.5) is 5.69 Å². The Hall–Kier alpha value is -3.67. The van der Waals surface area contributed by atoms with Crippen molar-refractivity contribution in [3.63, 3.8) is 0 Å². The summed E-state index contributed by atoms with van der Waals surface area (Å²) in [5.41, 5.74) is 1.000. The fraction of sp³-hybridized carbons (Fsp3) is 0.136. The molecule has 6 heteroatoms. The number of phenols is 1. The summed E-state index contributed by atoms with van der Waals surface area (Å²) >= 11 is 0. The number of nitrogens with one attached hydrogen (secondary N) is 1. The highest BCUT2D eigenvalue weighted by atomic mass is 16.5. The molecule has 0 aliphatic heterocycles. The average molecular weight is 377 g/mol. The Kier molecular flexibility index (Phi) is 5.40. The van der Waals surface area contributed by atoms with Crippen molar-refractivity contribution in [2.75, 3.05) is 5.32 Å². The summed E-state index contributed by atoms with van der Waals surface area (Å²) in [6.07, 6.45) is -1.08. The molecule has 2 N–H and O–H groups in total. The second-order valence-corrected chi connectivity index (χ2v) is 6.39. The molecule has 3 aromatic rings. The number of ether oxygens (including phenoxy) is 1. The van der Waals surface area contributed by atoms with Crippen molar-refractivity contribution in [2.24, 2.45) is 0 Å². The fourth-order valence-corrected chi connectivity index (χ4v) is 2.70. The maximum Gasteiger partial charge on any atom is 0.342 e. The minimum atomic E-state index is -1.08. The fourth-order valence-electron chi connectivity index (χ4n) is 2.70. The molecule has 0 saturated carbocycles. The third-order valence-electron chi connectivity index (χ3n) is 4.30. The molecule has 3 aromatic carbocycles. The molecule has 0 saturated heterocycles. The van der Waals surface area contributed by atoms with Gasteiger partial charge in [0.25, 0.3) is 5.91 Å². The number of anilines is 1. The van der Waals surface area contributed by atoms with E-state index in [0.717, 1.165) is 10.8 Å². The van der Waals surface area contributed by atoms with Crippen LogP contribution in [0.2, 0.25) is 0 Å².